The Hall–Kier alpha value is -2.34. The summed E-state index contributed by atoms with van der Waals surface area (Å²) in [5.74, 6) is 0. The molecule has 7 heteroatoms. The second-order valence-corrected chi connectivity index (χ2v) is 10.3. The molecule has 4 aromatic rings. The van der Waals surface area contributed by atoms with Gasteiger partial charge in [0.05, 0.1) is 0 Å². The molecule has 4 nitrogen and oxygen atoms in total. The number of nitrogens with two attached hydrogens (primary N) is 1. The molecule has 196 valence electrons. The Morgan fingerprint density at radius 2 is 1.19 bits per heavy atom. The van der Waals surface area contributed by atoms with Crippen molar-refractivity contribution in [3.63, 3.8) is 0 Å². The molecule has 37 heavy (non-hydrogen) atoms. The Labute approximate surface area is 236 Å². The van der Waals surface area contributed by atoms with Gasteiger partial charge in [0, 0.05) is 10.9 Å². The van der Waals surface area contributed by atoms with Gasteiger partial charge in [0.1, 0.15) is 10.0 Å². The Kier molecular flexibility index (Phi) is 12.7. The molecule has 0 aliphatic rings. The monoisotopic (exact) mass is 622 g/mol. The van der Waals surface area contributed by atoms with Crippen molar-refractivity contribution in [3.8, 4) is 0 Å². The third-order valence-electron chi connectivity index (χ3n) is 5.52. The van der Waals surface area contributed by atoms with Crippen molar-refractivity contribution in [2.75, 3.05) is 0 Å². The van der Waals surface area contributed by atoms with Gasteiger partial charge in [-0.3, -0.25) is 0 Å². The first-order valence-electron chi connectivity index (χ1n) is 11.6. The third kappa shape index (κ3) is 9.81. The molecule has 0 aliphatic heterocycles. The summed E-state index contributed by atoms with van der Waals surface area (Å²) in [6, 6.07) is 31.6. The maximum atomic E-state index is 12.8. The fourth-order valence-electron chi connectivity index (χ4n) is 3.87. The number of sulfonamides is 1. The van der Waals surface area contributed by atoms with Crippen LogP contribution < -0.4 is 5.73 Å². The van der Waals surface area contributed by atoms with E-state index in [2.05, 4.69) is 53.4 Å². The minimum atomic E-state index is -3.83. The quantitative estimate of drug-likeness (QED) is 0.178. The molecule has 2 atom stereocenters. The van der Waals surface area contributed by atoms with E-state index in [1.165, 1.54) is 16.7 Å². The van der Waals surface area contributed by atoms with E-state index in [1.54, 1.807) is 24.3 Å². The molecule has 4 aromatic carbocycles. The van der Waals surface area contributed by atoms with Crippen molar-refractivity contribution in [3.05, 3.63) is 141 Å². The van der Waals surface area contributed by atoms with Crippen molar-refractivity contribution < 1.29 is 25.7 Å². The topological polar surface area (TPSA) is 74.3 Å². The standard InChI is InChI=1S/C21H21N2O2S.C9H11.ClH.Rh/c1-16-12-14-19(15-13-16)26(24,25)23-21(18-10-6-3-7-11-18)20(22)17-8-4-2-5-9-17;1-7-4-8(2)6-9(3)5-7;;/h2-15,20-21H,22H2,1H3;4-5H,1-3H3;1H;/q2*-1;;+3/p-1/t20-,21-;;;/m0.../s1. The van der Waals surface area contributed by atoms with E-state index < -0.39 is 22.1 Å². The summed E-state index contributed by atoms with van der Waals surface area (Å²) in [6.07, 6.45) is 0. The number of hydrogen-bond acceptors (Lipinski definition) is 3. The minimum absolute atomic E-state index is 0.171. The van der Waals surface area contributed by atoms with Gasteiger partial charge >= 0.3 is 27.0 Å². The molecule has 0 heterocycles. The van der Waals surface area contributed by atoms with Crippen LogP contribution in [0.4, 0.5) is 0 Å². The number of benzene rings is 4. The molecule has 0 aliphatic carbocycles. The molecule has 0 aromatic heterocycles. The van der Waals surface area contributed by atoms with Gasteiger partial charge in [-0.05, 0) is 24.6 Å². The normalized spacial score (nSPS) is 12.3. The maximum absolute atomic E-state index is 12.8. The fourth-order valence-corrected chi connectivity index (χ4v) is 5.02. The number of halogens is 1. The Bertz CT molecular complexity index is 1280. The molecular weight excluding hydrogens is 591 g/mol. The first kappa shape index (κ1) is 30.9. The molecule has 0 unspecified atom stereocenters. The van der Waals surface area contributed by atoms with Crippen molar-refractivity contribution in [1.29, 1.82) is 0 Å². The van der Waals surface area contributed by atoms with Crippen LogP contribution in [0.15, 0.2) is 102 Å². The van der Waals surface area contributed by atoms with Crippen LogP contribution in [0, 0.1) is 33.8 Å². The van der Waals surface area contributed by atoms with E-state index in [0.29, 0.717) is 0 Å². The van der Waals surface area contributed by atoms with Crippen LogP contribution in [-0.4, -0.2) is 8.42 Å². The molecule has 4 rings (SSSR count). The van der Waals surface area contributed by atoms with Crippen LogP contribution >= 0.6 is 9.69 Å². The summed E-state index contributed by atoms with van der Waals surface area (Å²) in [5, 5.41) is 0. The average molecular weight is 623 g/mol. The zero-order valence-corrected chi connectivity index (χ0v) is 24.6. The molecule has 0 amide bonds. The third-order valence-corrected chi connectivity index (χ3v) is 6.89. The van der Waals surface area contributed by atoms with Crippen molar-refractivity contribution in [2.45, 2.75) is 44.7 Å². The van der Waals surface area contributed by atoms with Gasteiger partial charge in [-0.15, -0.1) is 0 Å². The van der Waals surface area contributed by atoms with E-state index in [-0.39, 0.29) is 4.90 Å². The SMILES string of the molecule is Cc1[c-]c(C)cc(C)c1.Cc1ccc(S(=O)(=O)[N-][C@@H](c2ccccc2)[C@@H](N)c2ccccc2)cc1.[Cl][Rh+2]. The first-order chi connectivity index (χ1) is 17.7. The summed E-state index contributed by atoms with van der Waals surface area (Å²) >= 11 is 2.02. The van der Waals surface area contributed by atoms with Crippen molar-refractivity contribution in [2.24, 2.45) is 5.73 Å². The van der Waals surface area contributed by atoms with Gasteiger partial charge in [-0.25, -0.2) is 8.42 Å². The predicted octanol–water partition coefficient (Wildman–Crippen LogP) is 7.60. The Morgan fingerprint density at radius 3 is 1.65 bits per heavy atom. The van der Waals surface area contributed by atoms with Crippen LogP contribution in [0.3, 0.4) is 0 Å². The van der Waals surface area contributed by atoms with Gasteiger partial charge in [0.15, 0.2) is 0 Å². The van der Waals surface area contributed by atoms with Gasteiger partial charge in [-0.2, -0.15) is 34.9 Å². The summed E-state index contributed by atoms with van der Waals surface area (Å²) in [7, 11) is 0.696. The van der Waals surface area contributed by atoms with Gasteiger partial charge < -0.3 is 10.5 Å². The van der Waals surface area contributed by atoms with E-state index in [1.807, 2.05) is 84.9 Å². The summed E-state index contributed by atoms with van der Waals surface area (Å²) in [5.41, 5.74) is 12.8. The predicted molar refractivity (Wildman–Crippen MR) is 150 cm³/mol. The molecule has 0 radical (unpaired) electrons. The van der Waals surface area contributed by atoms with E-state index in [4.69, 9.17) is 5.73 Å². The van der Waals surface area contributed by atoms with Crippen LogP contribution in [0.1, 0.15) is 45.5 Å². The molecule has 0 bridgehead atoms. The van der Waals surface area contributed by atoms with E-state index in [0.717, 1.165) is 16.7 Å². The van der Waals surface area contributed by atoms with Crippen molar-refractivity contribution in [1.82, 2.24) is 0 Å². The first-order valence-corrected chi connectivity index (χ1v) is 15.2. The van der Waals surface area contributed by atoms with Gasteiger partial charge in [-0.1, -0.05) is 111 Å². The van der Waals surface area contributed by atoms with E-state index in [9.17, 15) is 8.42 Å². The number of rotatable bonds is 6. The summed E-state index contributed by atoms with van der Waals surface area (Å²) in [6.45, 7) is 8.15. The molecule has 2 N–H and O–H groups in total. The zero-order valence-electron chi connectivity index (χ0n) is 21.4. The van der Waals surface area contributed by atoms with Crippen LogP contribution in [-0.2, 0) is 27.3 Å². The van der Waals surface area contributed by atoms with E-state index >= 15 is 0 Å². The zero-order chi connectivity index (χ0) is 27.4. The molecular formula is C30H32ClN2O2RhS. The average Bonchev–Trinajstić information content (AvgIpc) is 2.89. The number of nitrogens with zero attached hydrogens (tertiary/aromatic N) is 1. The molecule has 0 saturated heterocycles. The fraction of sp³-hybridized carbons (Fsp3) is 0.200. The Balaban J connectivity index is 0.000000367. The summed E-state index contributed by atoms with van der Waals surface area (Å²) < 4.78 is 29.9. The van der Waals surface area contributed by atoms with Crippen LogP contribution in [0.2, 0.25) is 0 Å². The molecule has 0 spiro atoms. The van der Waals surface area contributed by atoms with Crippen molar-refractivity contribution >= 4 is 19.7 Å². The van der Waals surface area contributed by atoms with Gasteiger partial charge in [0.2, 0.25) is 0 Å². The summed E-state index contributed by atoms with van der Waals surface area (Å²) in [4.78, 5) is 0.171. The van der Waals surface area contributed by atoms with Crippen LogP contribution in [0.25, 0.3) is 4.72 Å². The molecule has 0 saturated carbocycles. The second kappa shape index (κ2) is 15.2. The second-order valence-electron chi connectivity index (χ2n) is 8.71. The van der Waals surface area contributed by atoms with Crippen LogP contribution in [0.5, 0.6) is 0 Å². The number of aryl methyl sites for hydroxylation is 4. The molecule has 0 fully saturated rings. The van der Waals surface area contributed by atoms with Gasteiger partial charge in [0.25, 0.3) is 0 Å². The number of hydrogen-bond donors (Lipinski definition) is 1. The Morgan fingerprint density at radius 1 is 0.730 bits per heavy atom.